The molecule has 78 heavy (non-hydrogen) atoms. The molecule has 0 bridgehead atoms. The summed E-state index contributed by atoms with van der Waals surface area (Å²) in [5, 5.41) is 39.7. The van der Waals surface area contributed by atoms with E-state index in [2.05, 4.69) is 72.4 Å². The molecule has 1 aliphatic rings. The fourth-order valence-electron chi connectivity index (χ4n) is 9.22. The molecular formula is C54H69N11O11S2. The lowest BCUT2D eigenvalue weighted by Crippen LogP contribution is -2.60. The third-order valence-corrected chi connectivity index (χ3v) is 14.2. The lowest BCUT2D eigenvalue weighted by atomic mass is 10.00. The summed E-state index contributed by atoms with van der Waals surface area (Å²) < 4.78 is 0. The number of hydrogen-bond acceptors (Lipinski definition) is 13. The maximum Gasteiger partial charge on any atom is 0.327 e. The van der Waals surface area contributed by atoms with Crippen LogP contribution in [0, 0.1) is 5.92 Å². The number of nitrogens with zero attached hydrogens (tertiary/aromatic N) is 1. The molecule has 3 aromatic carbocycles. The van der Waals surface area contributed by atoms with Crippen molar-refractivity contribution in [2.75, 3.05) is 24.7 Å². The van der Waals surface area contributed by atoms with Crippen molar-refractivity contribution in [3.05, 3.63) is 108 Å². The summed E-state index contributed by atoms with van der Waals surface area (Å²) in [6.07, 6.45) is 3.95. The van der Waals surface area contributed by atoms with E-state index in [1.54, 1.807) is 42.7 Å². The number of aromatic amines is 2. The van der Waals surface area contributed by atoms with Crippen molar-refractivity contribution < 1.29 is 53.4 Å². The van der Waals surface area contributed by atoms with Gasteiger partial charge in [-0.25, -0.2) is 4.79 Å². The number of aliphatic carboxylic acids is 1. The third kappa shape index (κ3) is 15.9. The van der Waals surface area contributed by atoms with Gasteiger partial charge in [0.25, 0.3) is 0 Å². The predicted octanol–water partition coefficient (Wildman–Crippen LogP) is 0.392. The average molecular weight is 1110 g/mol. The van der Waals surface area contributed by atoms with Crippen molar-refractivity contribution in [2.24, 2.45) is 11.7 Å². The van der Waals surface area contributed by atoms with Gasteiger partial charge in [0.2, 0.25) is 47.3 Å². The van der Waals surface area contributed by atoms with Gasteiger partial charge in [0.05, 0.1) is 12.6 Å². The molecular weight excluding hydrogens is 1040 g/mol. The smallest absolute Gasteiger partial charge is 0.327 e. The number of benzene rings is 3. The van der Waals surface area contributed by atoms with Crippen LogP contribution in [0.3, 0.4) is 0 Å². The van der Waals surface area contributed by atoms with Gasteiger partial charge in [-0.05, 0) is 60.9 Å². The number of carbonyl (C=O) groups excluding carboxylic acids is 8. The van der Waals surface area contributed by atoms with Crippen LogP contribution in [0.5, 0.6) is 0 Å². The number of aliphatic hydroxyl groups excluding tert-OH is 1. The molecule has 24 heteroatoms. The maximum atomic E-state index is 14.9. The van der Waals surface area contributed by atoms with Crippen LogP contribution in [0.2, 0.25) is 0 Å². The number of fused-ring (bicyclic) bond motifs is 2. The number of rotatable bonds is 27. The molecule has 9 atom stereocenters. The number of thiol groups is 2. The molecule has 0 saturated carbocycles. The molecule has 1 saturated heterocycles. The Bertz CT molecular complexity index is 2940. The Kier molecular flexibility index (Phi) is 21.7. The number of carbonyl (C=O) groups is 9. The average Bonchev–Trinajstić information content (AvgIpc) is 4.20. The second kappa shape index (κ2) is 28.3. The van der Waals surface area contributed by atoms with Crippen molar-refractivity contribution >= 4 is 100 Å². The monoisotopic (exact) mass is 1110 g/mol. The van der Waals surface area contributed by atoms with E-state index >= 15 is 0 Å². The second-order valence-corrected chi connectivity index (χ2v) is 20.5. The van der Waals surface area contributed by atoms with Crippen LogP contribution >= 0.6 is 25.3 Å². The minimum atomic E-state index is -1.46. The number of carboxylic acids is 1. The Morgan fingerprint density at radius 2 is 1.09 bits per heavy atom. The summed E-state index contributed by atoms with van der Waals surface area (Å²) in [5.74, 6) is -7.74. The van der Waals surface area contributed by atoms with Gasteiger partial charge in [-0.2, -0.15) is 25.3 Å². The van der Waals surface area contributed by atoms with Gasteiger partial charge < -0.3 is 68.0 Å². The van der Waals surface area contributed by atoms with Crippen LogP contribution in [0.25, 0.3) is 21.8 Å². The number of nitrogens with one attached hydrogen (secondary N) is 9. The van der Waals surface area contributed by atoms with E-state index in [4.69, 9.17) is 5.73 Å². The number of carboxylic acid groups (broad SMARTS) is 1. The fourth-order valence-corrected chi connectivity index (χ4v) is 9.63. The highest BCUT2D eigenvalue weighted by atomic mass is 32.1. The number of para-hydroxylation sites is 2. The summed E-state index contributed by atoms with van der Waals surface area (Å²) in [6, 6.07) is 12.0. The number of likely N-dealkylation sites (tertiary alicyclic amines) is 1. The van der Waals surface area contributed by atoms with E-state index in [1.165, 1.54) is 11.8 Å². The number of aliphatic hydroxyl groups is 1. The van der Waals surface area contributed by atoms with Crippen molar-refractivity contribution in [2.45, 2.75) is 114 Å². The zero-order chi connectivity index (χ0) is 56.6. The van der Waals surface area contributed by atoms with E-state index < -0.39 is 114 Å². The van der Waals surface area contributed by atoms with E-state index in [1.807, 2.05) is 62.4 Å². The number of hydrogen-bond donors (Lipinski definition) is 14. The molecule has 0 aliphatic carbocycles. The lowest BCUT2D eigenvalue weighted by molar-refractivity contribution is -0.142. The Morgan fingerprint density at radius 1 is 0.603 bits per heavy atom. The highest BCUT2D eigenvalue weighted by molar-refractivity contribution is 7.80. The van der Waals surface area contributed by atoms with Crippen LogP contribution in [0.1, 0.15) is 56.7 Å². The minimum Gasteiger partial charge on any atom is -0.480 e. The number of H-pyrrole nitrogens is 2. The molecule has 1 fully saturated rings. The minimum absolute atomic E-state index is 0.0313. The Morgan fingerprint density at radius 3 is 1.65 bits per heavy atom. The molecule has 0 radical (unpaired) electrons. The van der Waals surface area contributed by atoms with E-state index in [9.17, 15) is 53.4 Å². The van der Waals surface area contributed by atoms with Crippen LogP contribution in [-0.2, 0) is 62.4 Å². The molecule has 22 nitrogen and oxygen atoms in total. The van der Waals surface area contributed by atoms with Crippen molar-refractivity contribution in [3.63, 3.8) is 0 Å². The summed E-state index contributed by atoms with van der Waals surface area (Å²) in [4.78, 5) is 131. The molecule has 1 aliphatic heterocycles. The standard InChI is InChI=1S/C54H69N11O11S2/c1-29(2)20-39(60-51(72)43(26-66)63-47(68)36(55)27-77)48(69)62-42(23-33-25-57-38-17-10-8-15-35(33)38)53(74)65-19-11-18-45(65)52(73)58-30(3)46(67)59-40(21-31-12-5-4-6-13-31)49(70)61-41(50(71)64-44(28-78)54(75)76)22-32-24-56-37-16-9-7-14-34(32)37/h4-10,12-17,24-25,29-30,36,39-45,56-57,66,77-78H,11,18-23,26-28,55H2,1-3H3,(H,58,73)(H,59,67)(H,60,72)(H,61,70)(H,62,69)(H,63,68)(H,64,71)(H,75,76)/t30-,36-,39-,40-,41-,42-,43-,44-,45-/m0/s1. The van der Waals surface area contributed by atoms with Crippen LogP contribution in [0.15, 0.2) is 91.3 Å². The lowest BCUT2D eigenvalue weighted by Gasteiger charge is -2.31. The maximum absolute atomic E-state index is 14.9. The van der Waals surface area contributed by atoms with Gasteiger partial charge in [0.1, 0.15) is 48.3 Å². The molecule has 3 heterocycles. The highest BCUT2D eigenvalue weighted by Gasteiger charge is 2.40. The number of nitrogens with two attached hydrogens (primary N) is 1. The predicted molar refractivity (Wildman–Crippen MR) is 298 cm³/mol. The van der Waals surface area contributed by atoms with E-state index in [0.717, 1.165) is 21.8 Å². The van der Waals surface area contributed by atoms with Crippen molar-refractivity contribution in [1.29, 1.82) is 0 Å². The third-order valence-electron chi connectivity index (χ3n) is 13.4. The summed E-state index contributed by atoms with van der Waals surface area (Å²) in [7, 11) is 0. The molecule has 2 aromatic heterocycles. The van der Waals surface area contributed by atoms with Gasteiger partial charge in [0, 0.05) is 71.5 Å². The first kappa shape index (κ1) is 59.8. The largest absolute Gasteiger partial charge is 0.480 e. The van der Waals surface area contributed by atoms with Gasteiger partial charge in [-0.15, -0.1) is 0 Å². The Labute approximate surface area is 461 Å². The zero-order valence-corrected chi connectivity index (χ0v) is 45.3. The zero-order valence-electron chi connectivity index (χ0n) is 43.5. The molecule has 0 unspecified atom stereocenters. The Balaban J connectivity index is 1.20. The van der Waals surface area contributed by atoms with Crippen molar-refractivity contribution in [1.82, 2.24) is 52.1 Å². The first-order valence-electron chi connectivity index (χ1n) is 25.7. The first-order valence-corrected chi connectivity index (χ1v) is 27.0. The molecule has 13 N–H and O–H groups in total. The van der Waals surface area contributed by atoms with Crippen LogP contribution < -0.4 is 43.0 Å². The first-order chi connectivity index (χ1) is 37.3. The molecule has 418 valence electrons. The quantitative estimate of drug-likeness (QED) is 0.0318. The van der Waals surface area contributed by atoms with Gasteiger partial charge in [0.15, 0.2) is 0 Å². The Hall–Kier alpha value is -7.41. The fraction of sp³-hybridized carbons (Fsp3) is 0.426. The number of aromatic nitrogens is 2. The second-order valence-electron chi connectivity index (χ2n) is 19.7. The summed E-state index contributed by atoms with van der Waals surface area (Å²) >= 11 is 8.09. The van der Waals surface area contributed by atoms with Gasteiger partial charge in [-0.1, -0.05) is 80.6 Å². The van der Waals surface area contributed by atoms with Gasteiger partial charge >= 0.3 is 5.97 Å². The summed E-state index contributed by atoms with van der Waals surface area (Å²) in [6.45, 7) is 4.36. The molecule has 0 spiro atoms. The molecule has 6 rings (SSSR count). The van der Waals surface area contributed by atoms with E-state index in [-0.39, 0.29) is 56.1 Å². The normalized spacial score (nSPS) is 16.4. The summed E-state index contributed by atoms with van der Waals surface area (Å²) in [5.41, 5.74) is 9.27. The van der Waals surface area contributed by atoms with Gasteiger partial charge in [-0.3, -0.25) is 38.4 Å². The molecule has 8 amide bonds. The van der Waals surface area contributed by atoms with Crippen LogP contribution in [-0.4, -0.2) is 157 Å². The number of amides is 8. The highest BCUT2D eigenvalue weighted by Crippen LogP contribution is 2.24. The SMILES string of the molecule is CC(C)C[C@H](NC(=O)[C@H](CO)NC(=O)[C@@H](N)CS)C(=O)N[C@@H](Cc1c[nH]c2ccccc12)C(=O)N1CCC[C@H]1C(=O)N[C@@H](C)C(=O)N[C@@H](Cc1ccccc1)C(=O)N[C@@H](Cc1c[nH]c2ccccc12)C(=O)N[C@@H](CS)C(=O)O. The van der Waals surface area contributed by atoms with E-state index in [0.29, 0.717) is 23.1 Å². The topological polar surface area (TPSA) is 339 Å². The van der Waals surface area contributed by atoms with Crippen molar-refractivity contribution in [3.8, 4) is 0 Å². The van der Waals surface area contributed by atoms with Crippen LogP contribution in [0.4, 0.5) is 0 Å². The molecule has 5 aromatic rings.